The van der Waals surface area contributed by atoms with Crippen LogP contribution in [0, 0.1) is 0 Å². The first-order chi connectivity index (χ1) is 16.3. The Labute approximate surface area is 196 Å². The molecular weight excluding hydrogens is 476 g/mol. The number of benzene rings is 2. The summed E-state index contributed by atoms with van der Waals surface area (Å²) >= 11 is 0. The van der Waals surface area contributed by atoms with E-state index in [9.17, 15) is 31.1 Å². The SMILES string of the molecule is CN(C)c1ccc(/C=N/NC(=O)c2ccc(C(F)(F)F)nc2Nc2cccc(C(F)(F)F)c2)cc1. The average Bonchev–Trinajstić information content (AvgIpc) is 2.78. The maximum absolute atomic E-state index is 13.2. The highest BCUT2D eigenvalue weighted by Crippen LogP contribution is 2.33. The molecule has 3 rings (SSSR count). The summed E-state index contributed by atoms with van der Waals surface area (Å²) in [4.78, 5) is 17.9. The smallest absolute Gasteiger partial charge is 0.378 e. The Balaban J connectivity index is 1.86. The van der Waals surface area contributed by atoms with E-state index in [0.717, 1.165) is 23.9 Å². The number of rotatable bonds is 6. The van der Waals surface area contributed by atoms with E-state index < -0.39 is 35.3 Å². The second-order valence-electron chi connectivity index (χ2n) is 7.48. The molecule has 6 nitrogen and oxygen atoms in total. The van der Waals surface area contributed by atoms with Crippen LogP contribution >= 0.6 is 0 Å². The van der Waals surface area contributed by atoms with Gasteiger partial charge in [-0.2, -0.15) is 31.4 Å². The van der Waals surface area contributed by atoms with Crippen LogP contribution in [0.4, 0.5) is 43.5 Å². The van der Waals surface area contributed by atoms with Crippen molar-refractivity contribution in [2.45, 2.75) is 12.4 Å². The van der Waals surface area contributed by atoms with Gasteiger partial charge < -0.3 is 10.2 Å². The Bertz CT molecular complexity index is 1220. The molecule has 0 atom stereocenters. The van der Waals surface area contributed by atoms with Gasteiger partial charge in [-0.05, 0) is 48.0 Å². The van der Waals surface area contributed by atoms with Gasteiger partial charge in [0.2, 0.25) is 0 Å². The third-order valence-corrected chi connectivity index (χ3v) is 4.67. The van der Waals surface area contributed by atoms with Crippen LogP contribution in [-0.4, -0.2) is 31.2 Å². The molecule has 3 aromatic rings. The number of aromatic nitrogens is 1. The Kier molecular flexibility index (Phi) is 7.32. The molecule has 0 unspecified atom stereocenters. The van der Waals surface area contributed by atoms with Crippen LogP contribution in [0.25, 0.3) is 0 Å². The minimum Gasteiger partial charge on any atom is -0.378 e. The maximum Gasteiger partial charge on any atom is 0.433 e. The summed E-state index contributed by atoms with van der Waals surface area (Å²) in [6.45, 7) is 0. The van der Waals surface area contributed by atoms with Crippen molar-refractivity contribution in [3.8, 4) is 0 Å². The van der Waals surface area contributed by atoms with E-state index in [2.05, 4.69) is 20.8 Å². The predicted molar refractivity (Wildman–Crippen MR) is 120 cm³/mol. The molecule has 0 aliphatic carbocycles. The molecule has 12 heteroatoms. The summed E-state index contributed by atoms with van der Waals surface area (Å²) in [5, 5.41) is 6.17. The van der Waals surface area contributed by atoms with Crippen molar-refractivity contribution in [1.29, 1.82) is 0 Å². The van der Waals surface area contributed by atoms with Crippen LogP contribution in [0.3, 0.4) is 0 Å². The van der Waals surface area contributed by atoms with E-state index in [1.165, 1.54) is 12.3 Å². The molecule has 0 radical (unpaired) electrons. The maximum atomic E-state index is 13.2. The fourth-order valence-electron chi connectivity index (χ4n) is 2.89. The number of anilines is 3. The lowest BCUT2D eigenvalue weighted by molar-refractivity contribution is -0.141. The predicted octanol–water partition coefficient (Wildman–Crippen LogP) is 5.69. The van der Waals surface area contributed by atoms with Gasteiger partial charge in [-0.25, -0.2) is 10.4 Å². The first-order valence-electron chi connectivity index (χ1n) is 9.98. The summed E-state index contributed by atoms with van der Waals surface area (Å²) in [6, 6.07) is 12.4. The Morgan fingerprint density at radius 3 is 2.23 bits per heavy atom. The number of halogens is 6. The van der Waals surface area contributed by atoms with E-state index in [4.69, 9.17) is 0 Å². The van der Waals surface area contributed by atoms with Crippen molar-refractivity contribution in [1.82, 2.24) is 10.4 Å². The highest BCUT2D eigenvalue weighted by Gasteiger charge is 2.34. The van der Waals surface area contributed by atoms with Gasteiger partial charge in [0.05, 0.1) is 17.3 Å². The number of nitrogens with zero attached hydrogens (tertiary/aromatic N) is 3. The number of amides is 1. The normalized spacial score (nSPS) is 12.0. The molecule has 2 N–H and O–H groups in total. The van der Waals surface area contributed by atoms with Gasteiger partial charge in [-0.3, -0.25) is 4.79 Å². The second-order valence-corrected chi connectivity index (χ2v) is 7.48. The molecule has 35 heavy (non-hydrogen) atoms. The van der Waals surface area contributed by atoms with E-state index in [1.807, 2.05) is 31.1 Å². The molecule has 0 saturated heterocycles. The highest BCUT2D eigenvalue weighted by molar-refractivity contribution is 5.99. The van der Waals surface area contributed by atoms with Crippen LogP contribution in [0.1, 0.15) is 27.2 Å². The minimum absolute atomic E-state index is 0.204. The first kappa shape index (κ1) is 25.5. The van der Waals surface area contributed by atoms with Crippen molar-refractivity contribution >= 4 is 29.3 Å². The quantitative estimate of drug-likeness (QED) is 0.262. The minimum atomic E-state index is -4.84. The zero-order valence-corrected chi connectivity index (χ0v) is 18.4. The molecule has 0 aliphatic heterocycles. The summed E-state index contributed by atoms with van der Waals surface area (Å²) in [6.07, 6.45) is -8.18. The monoisotopic (exact) mass is 495 g/mol. The standard InChI is InChI=1S/C23H19F6N5O/c1-34(2)17-8-6-14(7-9-17)13-30-33-21(35)18-10-11-19(23(27,28)29)32-20(18)31-16-5-3-4-15(12-16)22(24,25)26/h3-13H,1-2H3,(H,31,32)(H,33,35)/b30-13+. The van der Waals surface area contributed by atoms with E-state index in [1.54, 1.807) is 12.1 Å². The zero-order valence-electron chi connectivity index (χ0n) is 18.4. The number of hydrazone groups is 1. The van der Waals surface area contributed by atoms with Crippen LogP contribution in [0.2, 0.25) is 0 Å². The topological polar surface area (TPSA) is 69.6 Å². The third-order valence-electron chi connectivity index (χ3n) is 4.67. The summed E-state index contributed by atoms with van der Waals surface area (Å²) in [7, 11) is 3.73. The van der Waals surface area contributed by atoms with Gasteiger partial charge in [0.1, 0.15) is 11.5 Å². The molecular formula is C23H19F6N5O. The van der Waals surface area contributed by atoms with E-state index in [0.29, 0.717) is 17.7 Å². The number of nitrogens with one attached hydrogen (secondary N) is 2. The number of carbonyl (C=O) groups excluding carboxylic acids is 1. The summed E-state index contributed by atoms with van der Waals surface area (Å²) in [5.74, 6) is -1.50. The fraction of sp³-hybridized carbons (Fsp3) is 0.174. The number of carbonyl (C=O) groups is 1. The van der Waals surface area contributed by atoms with Gasteiger partial charge >= 0.3 is 12.4 Å². The lowest BCUT2D eigenvalue weighted by Crippen LogP contribution is -2.21. The van der Waals surface area contributed by atoms with Crippen molar-refractivity contribution in [2.24, 2.45) is 5.10 Å². The Morgan fingerprint density at radius 2 is 1.63 bits per heavy atom. The number of alkyl halides is 6. The fourth-order valence-corrected chi connectivity index (χ4v) is 2.89. The molecule has 0 saturated carbocycles. The zero-order chi connectivity index (χ0) is 25.8. The van der Waals surface area contributed by atoms with Crippen molar-refractivity contribution < 1.29 is 31.1 Å². The van der Waals surface area contributed by atoms with E-state index >= 15 is 0 Å². The van der Waals surface area contributed by atoms with Crippen LogP contribution in [-0.2, 0) is 12.4 Å². The van der Waals surface area contributed by atoms with Gasteiger partial charge in [-0.15, -0.1) is 0 Å². The molecule has 0 aliphatic rings. The van der Waals surface area contributed by atoms with Gasteiger partial charge in [-0.1, -0.05) is 18.2 Å². The molecule has 1 heterocycles. The van der Waals surface area contributed by atoms with Crippen LogP contribution in [0.15, 0.2) is 65.8 Å². The lowest BCUT2D eigenvalue weighted by Gasteiger charge is -2.14. The number of hydrogen-bond acceptors (Lipinski definition) is 5. The summed E-state index contributed by atoms with van der Waals surface area (Å²) in [5.41, 5.74) is 0.860. The molecule has 1 aromatic heterocycles. The van der Waals surface area contributed by atoms with Crippen molar-refractivity contribution in [3.63, 3.8) is 0 Å². The molecule has 184 valence electrons. The average molecular weight is 495 g/mol. The van der Waals surface area contributed by atoms with E-state index in [-0.39, 0.29) is 11.3 Å². The number of hydrogen-bond donors (Lipinski definition) is 2. The Hall–Kier alpha value is -4.09. The highest BCUT2D eigenvalue weighted by atomic mass is 19.4. The van der Waals surface area contributed by atoms with Gasteiger partial charge in [0, 0.05) is 25.5 Å². The largest absolute Gasteiger partial charge is 0.433 e. The van der Waals surface area contributed by atoms with Crippen molar-refractivity contribution in [2.75, 3.05) is 24.3 Å². The molecule has 2 aromatic carbocycles. The second kappa shape index (κ2) is 10.0. The van der Waals surface area contributed by atoms with Crippen molar-refractivity contribution in [3.05, 3.63) is 83.0 Å². The summed E-state index contributed by atoms with van der Waals surface area (Å²) < 4.78 is 78.5. The first-order valence-corrected chi connectivity index (χ1v) is 9.98. The van der Waals surface area contributed by atoms with Crippen LogP contribution < -0.4 is 15.6 Å². The molecule has 1 amide bonds. The van der Waals surface area contributed by atoms with Gasteiger partial charge in [0.15, 0.2) is 0 Å². The van der Waals surface area contributed by atoms with Crippen LogP contribution in [0.5, 0.6) is 0 Å². The molecule has 0 fully saturated rings. The molecule has 0 spiro atoms. The molecule has 0 bridgehead atoms. The lowest BCUT2D eigenvalue weighted by atomic mass is 10.1. The number of pyridine rings is 1. The Morgan fingerprint density at radius 1 is 0.943 bits per heavy atom. The third kappa shape index (κ3) is 6.71. The van der Waals surface area contributed by atoms with Gasteiger partial charge in [0.25, 0.3) is 5.91 Å².